The van der Waals surface area contributed by atoms with Crippen LogP contribution < -0.4 is 11.3 Å². The van der Waals surface area contributed by atoms with Gasteiger partial charge in [-0.1, -0.05) is 0 Å². The summed E-state index contributed by atoms with van der Waals surface area (Å²) in [7, 11) is -10.3. The van der Waals surface area contributed by atoms with Gasteiger partial charge in [-0.2, -0.15) is 9.29 Å². The van der Waals surface area contributed by atoms with Crippen LogP contribution in [0.15, 0.2) is 11.1 Å². The fraction of sp³-hybridized carbons (Fsp3) is 0.500. The van der Waals surface area contributed by atoms with Gasteiger partial charge in [0.2, 0.25) is 5.95 Å². The third kappa shape index (κ3) is 6.91. The summed E-state index contributed by atoms with van der Waals surface area (Å²) < 4.78 is 37.0. The zero-order valence-electron chi connectivity index (χ0n) is 15.3. The first-order valence-electron chi connectivity index (χ1n) is 7.25. The van der Waals surface area contributed by atoms with Gasteiger partial charge in [-0.3, -0.25) is 18.9 Å². The third-order valence-corrected chi connectivity index (χ3v) is 5.73. The van der Waals surface area contributed by atoms with E-state index in [1.165, 1.54) is 10.9 Å². The Kier molecular flexibility index (Phi) is 9.72. The predicted octanol–water partition coefficient (Wildman–Crippen LogP) is -2.19. The van der Waals surface area contributed by atoms with E-state index < -0.39 is 46.2 Å². The van der Waals surface area contributed by atoms with Gasteiger partial charge in [-0.05, 0) is 0 Å². The quantitative estimate of drug-likeness (QED) is 0.194. The molecule has 0 bridgehead atoms. The standard InChI is InChI=1S/C10H15N5O10P2.2Na/c11-10-13-8-7(9(17)14-10)12-3-15(8)6-1-4(16)5(24-6)2-23-27(21,22)25-26(18,19)20;;/h3-6,16H,1-2H2,(H,21,22)(H2,18,19,20)(H3,11,13,14,17);;/t4-,5+,6+;;/m0../s1. The van der Waals surface area contributed by atoms with Crippen molar-refractivity contribution >= 4 is 91.9 Å². The van der Waals surface area contributed by atoms with Crippen LogP contribution in [0.5, 0.6) is 0 Å². The largest absolute Gasteiger partial charge is 0.481 e. The number of rotatable bonds is 6. The number of hydrogen-bond donors (Lipinski definition) is 6. The molecule has 1 fully saturated rings. The van der Waals surface area contributed by atoms with Crippen molar-refractivity contribution in [3.63, 3.8) is 0 Å². The fourth-order valence-electron chi connectivity index (χ4n) is 2.52. The van der Waals surface area contributed by atoms with Gasteiger partial charge in [0.25, 0.3) is 5.56 Å². The number of nitrogens with one attached hydrogen (secondary N) is 1. The molecule has 15 nitrogen and oxygen atoms in total. The second-order valence-corrected chi connectivity index (χ2v) is 8.37. The molecule has 0 saturated carbocycles. The first kappa shape index (κ1) is 27.4. The van der Waals surface area contributed by atoms with E-state index >= 15 is 0 Å². The van der Waals surface area contributed by atoms with E-state index in [0.29, 0.717) is 0 Å². The number of H-pyrrole nitrogens is 1. The minimum atomic E-state index is -5.26. The number of nitrogens with zero attached hydrogens (tertiary/aromatic N) is 3. The summed E-state index contributed by atoms with van der Waals surface area (Å²) in [5.41, 5.74) is 5.03. The normalized spacial score (nSPS) is 23.9. The molecule has 19 heteroatoms. The smallest absolute Gasteiger partial charge is 0.390 e. The van der Waals surface area contributed by atoms with E-state index in [1.54, 1.807) is 0 Å². The van der Waals surface area contributed by atoms with E-state index in [9.17, 15) is 23.9 Å². The minimum Gasteiger partial charge on any atom is -0.390 e. The Hall–Kier alpha value is 0.330. The minimum absolute atomic E-state index is 0. The topological polar surface area (TPSA) is 232 Å². The van der Waals surface area contributed by atoms with Gasteiger partial charge in [0, 0.05) is 65.5 Å². The number of ether oxygens (including phenoxy) is 1. The summed E-state index contributed by atoms with van der Waals surface area (Å²) in [6.45, 7) is -0.700. The molecule has 3 heterocycles. The molecular weight excluding hydrogens is 458 g/mol. The van der Waals surface area contributed by atoms with Crippen LogP contribution in [-0.4, -0.2) is 117 Å². The third-order valence-electron chi connectivity index (χ3n) is 3.58. The van der Waals surface area contributed by atoms with Gasteiger partial charge < -0.3 is 30.3 Å². The molecule has 29 heavy (non-hydrogen) atoms. The van der Waals surface area contributed by atoms with Crippen molar-refractivity contribution < 1.29 is 42.5 Å². The maximum absolute atomic E-state index is 11.8. The summed E-state index contributed by atoms with van der Waals surface area (Å²) in [5.74, 6) is -0.150. The number of nitrogens with two attached hydrogens (primary N) is 1. The molecular formula is C10H15N5Na2O10P2. The molecule has 1 aliphatic rings. The molecule has 1 aliphatic heterocycles. The Morgan fingerprint density at radius 1 is 1.34 bits per heavy atom. The number of nitrogen functional groups attached to an aromatic ring is 1. The van der Waals surface area contributed by atoms with Crippen LogP contribution in [-0.2, 0) is 22.7 Å². The number of hydrogen-bond acceptors (Lipinski definition) is 10. The predicted molar refractivity (Wildman–Crippen MR) is 97.5 cm³/mol. The molecule has 0 spiro atoms. The van der Waals surface area contributed by atoms with Crippen LogP contribution >= 0.6 is 15.6 Å². The van der Waals surface area contributed by atoms with E-state index in [-0.39, 0.29) is 82.6 Å². The van der Waals surface area contributed by atoms with Crippen molar-refractivity contribution in [1.29, 1.82) is 0 Å². The summed E-state index contributed by atoms with van der Waals surface area (Å²) in [6, 6.07) is 0. The van der Waals surface area contributed by atoms with Crippen LogP contribution in [0, 0.1) is 0 Å². The first-order valence-corrected chi connectivity index (χ1v) is 10.3. The molecule has 1 unspecified atom stereocenters. The molecule has 1 saturated heterocycles. The van der Waals surface area contributed by atoms with E-state index in [1.807, 2.05) is 0 Å². The van der Waals surface area contributed by atoms with Gasteiger partial charge >= 0.3 is 15.6 Å². The summed E-state index contributed by atoms with van der Waals surface area (Å²) >= 11 is 0. The Labute approximate surface area is 206 Å². The zero-order valence-corrected chi connectivity index (χ0v) is 21.1. The summed E-state index contributed by atoms with van der Waals surface area (Å²) in [5, 5.41) is 10.1. The molecule has 4 atom stereocenters. The number of aromatic nitrogens is 4. The Bertz CT molecular complexity index is 1010. The van der Waals surface area contributed by atoms with Crippen molar-refractivity contribution in [1.82, 2.24) is 19.5 Å². The Balaban J connectivity index is 0.00000210. The van der Waals surface area contributed by atoms with Crippen molar-refractivity contribution in [2.45, 2.75) is 24.9 Å². The number of phosphoric acid groups is 2. The molecule has 0 aliphatic carbocycles. The molecule has 2 aromatic heterocycles. The number of aromatic amines is 1. The van der Waals surface area contributed by atoms with Gasteiger partial charge in [0.05, 0.1) is 19.0 Å². The van der Waals surface area contributed by atoms with Crippen molar-refractivity contribution in [3.05, 3.63) is 16.7 Å². The SMILES string of the molecule is Nc1nc2c(ncn2[C@H]2C[C@H](O)[C@@H](COP(=O)(O)OP(=O)(O)O)O2)c(=O)[nH]1.[Na].[Na]. The van der Waals surface area contributed by atoms with Crippen LogP contribution in [0.25, 0.3) is 11.2 Å². The van der Waals surface area contributed by atoms with Gasteiger partial charge in [0.15, 0.2) is 11.2 Å². The number of aliphatic hydroxyl groups excluding tert-OH is 1. The summed E-state index contributed by atoms with van der Waals surface area (Å²) in [6.07, 6.45) is -1.91. The van der Waals surface area contributed by atoms with Crippen LogP contribution in [0.2, 0.25) is 0 Å². The average molecular weight is 473 g/mol. The van der Waals surface area contributed by atoms with E-state index in [0.717, 1.165) is 0 Å². The summed E-state index contributed by atoms with van der Waals surface area (Å²) in [4.78, 5) is 48.3. The number of anilines is 1. The fourth-order valence-corrected chi connectivity index (χ4v) is 4.11. The Morgan fingerprint density at radius 3 is 2.62 bits per heavy atom. The van der Waals surface area contributed by atoms with Crippen LogP contribution in [0.3, 0.4) is 0 Å². The molecule has 3 rings (SSSR count). The molecule has 2 aromatic rings. The molecule has 2 radical (unpaired) electrons. The molecule has 0 aromatic carbocycles. The second kappa shape index (κ2) is 10.3. The number of aliphatic hydroxyl groups is 1. The van der Waals surface area contributed by atoms with Crippen molar-refractivity contribution in [2.75, 3.05) is 12.3 Å². The zero-order chi connectivity index (χ0) is 20.0. The molecule has 152 valence electrons. The van der Waals surface area contributed by atoms with Crippen molar-refractivity contribution in [2.24, 2.45) is 0 Å². The maximum atomic E-state index is 11.8. The maximum Gasteiger partial charge on any atom is 0.481 e. The van der Waals surface area contributed by atoms with E-state index in [4.69, 9.17) is 20.3 Å². The first-order chi connectivity index (χ1) is 12.5. The van der Waals surface area contributed by atoms with Crippen LogP contribution in [0.1, 0.15) is 12.6 Å². The Morgan fingerprint density at radius 2 is 2.00 bits per heavy atom. The monoisotopic (exact) mass is 473 g/mol. The van der Waals surface area contributed by atoms with Crippen LogP contribution in [0.4, 0.5) is 5.95 Å². The second-order valence-electron chi connectivity index (χ2n) is 5.54. The number of imidazole rings is 1. The molecule has 7 N–H and O–H groups in total. The average Bonchev–Trinajstić information content (AvgIpc) is 3.06. The number of fused-ring (bicyclic) bond motifs is 1. The van der Waals surface area contributed by atoms with Crippen molar-refractivity contribution in [3.8, 4) is 0 Å². The van der Waals surface area contributed by atoms with Gasteiger partial charge in [-0.15, -0.1) is 0 Å². The van der Waals surface area contributed by atoms with Gasteiger partial charge in [-0.25, -0.2) is 14.1 Å². The number of phosphoric ester groups is 1. The van der Waals surface area contributed by atoms with Gasteiger partial charge in [0.1, 0.15) is 12.3 Å². The van der Waals surface area contributed by atoms with E-state index in [2.05, 4.69) is 23.8 Å². The molecule has 0 amide bonds.